The van der Waals surface area contributed by atoms with Crippen LogP contribution in [-0.2, 0) is 14.3 Å². The average molecular weight is 198 g/mol. The largest absolute Gasteiger partial charge is 0.459 e. The fourth-order valence-electron chi connectivity index (χ4n) is 1.76. The first-order valence-electron chi connectivity index (χ1n) is 4.88. The number of hydrogen-bond acceptors (Lipinski definition) is 4. The van der Waals surface area contributed by atoms with Gasteiger partial charge in [-0.1, -0.05) is 12.2 Å². The van der Waals surface area contributed by atoms with Crippen molar-refractivity contribution in [1.29, 1.82) is 0 Å². The molecular weight excluding hydrogens is 184 g/mol. The second-order valence-electron chi connectivity index (χ2n) is 3.76. The van der Waals surface area contributed by atoms with Crippen molar-refractivity contribution in [3.8, 4) is 0 Å². The second kappa shape index (κ2) is 3.71. The molecule has 2 rings (SSSR count). The van der Waals surface area contributed by atoms with Gasteiger partial charge >= 0.3 is 5.97 Å². The maximum absolute atomic E-state index is 10.9. The maximum Gasteiger partial charge on any atom is 0.306 e. The van der Waals surface area contributed by atoms with Gasteiger partial charge in [0.25, 0.3) is 0 Å². The van der Waals surface area contributed by atoms with E-state index in [2.05, 4.69) is 0 Å². The van der Waals surface area contributed by atoms with E-state index in [9.17, 15) is 9.90 Å². The molecule has 0 saturated carbocycles. The zero-order valence-corrected chi connectivity index (χ0v) is 8.05. The molecule has 0 aliphatic carbocycles. The Labute approximate surface area is 82.5 Å². The Balaban J connectivity index is 1.90. The van der Waals surface area contributed by atoms with Crippen LogP contribution in [0.25, 0.3) is 0 Å². The van der Waals surface area contributed by atoms with Gasteiger partial charge in [-0.3, -0.25) is 4.79 Å². The van der Waals surface area contributed by atoms with E-state index in [1.807, 2.05) is 12.2 Å². The zero-order chi connectivity index (χ0) is 10.1. The minimum atomic E-state index is -0.520. The van der Waals surface area contributed by atoms with E-state index in [-0.39, 0.29) is 24.3 Å². The van der Waals surface area contributed by atoms with Crippen LogP contribution in [0.5, 0.6) is 0 Å². The van der Waals surface area contributed by atoms with Crippen LogP contribution < -0.4 is 0 Å². The van der Waals surface area contributed by atoms with Gasteiger partial charge in [0.2, 0.25) is 0 Å². The van der Waals surface area contributed by atoms with Crippen LogP contribution in [0.4, 0.5) is 0 Å². The maximum atomic E-state index is 10.9. The van der Waals surface area contributed by atoms with Crippen molar-refractivity contribution in [2.75, 3.05) is 0 Å². The lowest BCUT2D eigenvalue weighted by Crippen LogP contribution is -2.30. The molecule has 14 heavy (non-hydrogen) atoms. The van der Waals surface area contributed by atoms with Crippen molar-refractivity contribution in [2.24, 2.45) is 0 Å². The summed E-state index contributed by atoms with van der Waals surface area (Å²) < 4.78 is 10.6. The first-order valence-corrected chi connectivity index (χ1v) is 4.88. The monoisotopic (exact) mass is 198 g/mol. The van der Waals surface area contributed by atoms with Crippen molar-refractivity contribution in [2.45, 2.75) is 44.2 Å². The van der Waals surface area contributed by atoms with Crippen molar-refractivity contribution in [3.63, 3.8) is 0 Å². The topological polar surface area (TPSA) is 55.8 Å². The van der Waals surface area contributed by atoms with Gasteiger partial charge in [-0.05, 0) is 13.3 Å². The fraction of sp³-hybridized carbons (Fsp3) is 0.700. The Morgan fingerprint density at radius 1 is 1.57 bits per heavy atom. The van der Waals surface area contributed by atoms with Crippen LogP contribution in [0.15, 0.2) is 12.2 Å². The molecule has 1 saturated heterocycles. The molecule has 2 heterocycles. The van der Waals surface area contributed by atoms with Gasteiger partial charge in [-0.2, -0.15) is 0 Å². The van der Waals surface area contributed by atoms with E-state index in [0.717, 1.165) is 0 Å². The van der Waals surface area contributed by atoms with Gasteiger partial charge in [0, 0.05) is 6.42 Å². The smallest absolute Gasteiger partial charge is 0.306 e. The van der Waals surface area contributed by atoms with E-state index in [1.54, 1.807) is 6.92 Å². The fourth-order valence-corrected chi connectivity index (χ4v) is 1.76. The molecule has 0 aromatic rings. The van der Waals surface area contributed by atoms with Crippen molar-refractivity contribution in [3.05, 3.63) is 12.2 Å². The van der Waals surface area contributed by atoms with Crippen molar-refractivity contribution < 1.29 is 19.4 Å². The van der Waals surface area contributed by atoms with E-state index in [4.69, 9.17) is 9.47 Å². The van der Waals surface area contributed by atoms with Crippen LogP contribution in [0.3, 0.4) is 0 Å². The number of cyclic esters (lactones) is 1. The summed E-state index contributed by atoms with van der Waals surface area (Å²) in [5.41, 5.74) is 0. The molecule has 1 fully saturated rings. The summed E-state index contributed by atoms with van der Waals surface area (Å²) in [5.74, 6) is -0.160. The van der Waals surface area contributed by atoms with Gasteiger partial charge in [0.15, 0.2) is 0 Å². The first-order chi connectivity index (χ1) is 6.66. The Morgan fingerprint density at radius 2 is 2.36 bits per heavy atom. The molecule has 1 N–H and O–H groups in total. The van der Waals surface area contributed by atoms with Crippen LogP contribution >= 0.6 is 0 Å². The van der Waals surface area contributed by atoms with Gasteiger partial charge in [-0.25, -0.2) is 0 Å². The SMILES string of the molecule is C[C@H](O)[C@H]1C=CC(C2CCC(=O)O2)O1. The highest BCUT2D eigenvalue weighted by molar-refractivity contribution is 5.71. The lowest BCUT2D eigenvalue weighted by molar-refractivity contribution is -0.146. The minimum absolute atomic E-state index is 0.160. The third-order valence-electron chi connectivity index (χ3n) is 2.56. The highest BCUT2D eigenvalue weighted by Gasteiger charge is 2.35. The molecule has 0 bridgehead atoms. The summed E-state index contributed by atoms with van der Waals surface area (Å²) in [5, 5.41) is 9.28. The molecule has 78 valence electrons. The Kier molecular flexibility index (Phi) is 2.56. The third kappa shape index (κ3) is 1.81. The summed E-state index contributed by atoms with van der Waals surface area (Å²) in [6.45, 7) is 1.68. The van der Waals surface area contributed by atoms with Crippen LogP contribution in [0.2, 0.25) is 0 Å². The van der Waals surface area contributed by atoms with Crippen molar-refractivity contribution in [1.82, 2.24) is 0 Å². The number of esters is 1. The molecule has 2 aliphatic rings. The molecule has 2 unspecified atom stereocenters. The summed E-state index contributed by atoms with van der Waals surface area (Å²) in [6, 6.07) is 0. The number of carbonyl (C=O) groups is 1. The molecule has 4 nitrogen and oxygen atoms in total. The van der Waals surface area contributed by atoms with E-state index in [0.29, 0.717) is 12.8 Å². The third-order valence-corrected chi connectivity index (χ3v) is 2.56. The summed E-state index contributed by atoms with van der Waals surface area (Å²) in [4.78, 5) is 10.9. The number of aliphatic hydroxyl groups is 1. The second-order valence-corrected chi connectivity index (χ2v) is 3.76. The van der Waals surface area contributed by atoms with E-state index >= 15 is 0 Å². The molecule has 0 radical (unpaired) electrons. The number of ether oxygens (including phenoxy) is 2. The van der Waals surface area contributed by atoms with Gasteiger partial charge in [0.05, 0.1) is 6.10 Å². The van der Waals surface area contributed by atoms with Gasteiger partial charge in [0.1, 0.15) is 18.3 Å². The highest BCUT2D eigenvalue weighted by Crippen LogP contribution is 2.25. The molecule has 0 aromatic carbocycles. The highest BCUT2D eigenvalue weighted by atomic mass is 16.6. The summed E-state index contributed by atoms with van der Waals surface area (Å²) in [7, 11) is 0. The molecular formula is C10H14O4. The molecule has 0 spiro atoms. The number of rotatable bonds is 2. The number of hydrogen-bond donors (Lipinski definition) is 1. The average Bonchev–Trinajstić information content (AvgIpc) is 2.70. The number of aliphatic hydroxyl groups excluding tert-OH is 1. The molecule has 4 heteroatoms. The summed E-state index contributed by atoms with van der Waals surface area (Å²) >= 11 is 0. The van der Waals surface area contributed by atoms with Crippen molar-refractivity contribution >= 4 is 5.97 Å². The lowest BCUT2D eigenvalue weighted by Gasteiger charge is -2.19. The normalized spacial score (nSPS) is 38.7. The van der Waals surface area contributed by atoms with Gasteiger partial charge in [-0.15, -0.1) is 0 Å². The summed E-state index contributed by atoms with van der Waals surface area (Å²) in [6.07, 6.45) is 3.73. The lowest BCUT2D eigenvalue weighted by atomic mass is 10.1. The molecule has 2 aliphatic heterocycles. The van der Waals surface area contributed by atoms with E-state index in [1.165, 1.54) is 0 Å². The standard InChI is InChI=1S/C10H14O4/c1-6(11)7-2-3-8(13-7)9-4-5-10(12)14-9/h2-3,6-9,11H,4-5H2,1H3/t6-,7+,8?,9?/m0/s1. The predicted octanol–water partition coefficient (Wildman–Crippen LogP) is 0.396. The minimum Gasteiger partial charge on any atom is -0.459 e. The zero-order valence-electron chi connectivity index (χ0n) is 8.05. The first kappa shape index (κ1) is 9.68. The molecule has 4 atom stereocenters. The Bertz CT molecular complexity index is 259. The van der Waals surface area contributed by atoms with Gasteiger partial charge < -0.3 is 14.6 Å². The Morgan fingerprint density at radius 3 is 2.86 bits per heavy atom. The van der Waals surface area contributed by atoms with Crippen LogP contribution in [-0.4, -0.2) is 35.5 Å². The van der Waals surface area contributed by atoms with Crippen LogP contribution in [0, 0.1) is 0 Å². The van der Waals surface area contributed by atoms with Crippen LogP contribution in [0.1, 0.15) is 19.8 Å². The van der Waals surface area contributed by atoms with E-state index < -0.39 is 6.10 Å². The quantitative estimate of drug-likeness (QED) is 0.515. The predicted molar refractivity (Wildman–Crippen MR) is 48.6 cm³/mol. The number of carbonyl (C=O) groups excluding carboxylic acids is 1. The Hall–Kier alpha value is -0.870. The molecule has 0 aromatic heterocycles. The molecule has 0 amide bonds.